The molecule has 1 aromatic heterocycles. The number of carbonyl (C=O) groups is 4. The smallest absolute Gasteiger partial charge is 0.421 e. The van der Waals surface area contributed by atoms with Crippen molar-refractivity contribution >= 4 is 29.6 Å². The maximum Gasteiger partial charge on any atom is 0.421 e. The summed E-state index contributed by atoms with van der Waals surface area (Å²) in [6, 6.07) is 33.0. The number of nitrogens with one attached hydrogen (secondary N) is 1. The molecule has 6 atom stereocenters. The Morgan fingerprint density at radius 1 is 0.826 bits per heavy atom. The first-order chi connectivity index (χ1) is 33.7. The zero-order chi connectivity index (χ0) is 48.0. The fourth-order valence-electron chi connectivity index (χ4n) is 10.8. The lowest BCUT2D eigenvalue weighted by Crippen LogP contribution is -2.56. The zero-order valence-electron chi connectivity index (χ0n) is 38.5. The van der Waals surface area contributed by atoms with Gasteiger partial charge in [-0.3, -0.25) is 24.3 Å². The number of ether oxygens (including phenoxy) is 4. The van der Waals surface area contributed by atoms with Crippen molar-refractivity contribution < 1.29 is 48.3 Å². The molecule has 2 saturated heterocycles. The highest BCUT2D eigenvalue weighted by atomic mass is 16.6. The number of nitrogens with zero attached hydrogens (tertiary/aromatic N) is 3. The summed E-state index contributed by atoms with van der Waals surface area (Å²) in [4.78, 5) is 69.5. The van der Waals surface area contributed by atoms with Crippen molar-refractivity contribution in [3.63, 3.8) is 0 Å². The average Bonchev–Trinajstić information content (AvgIpc) is 3.71. The molecule has 14 nitrogen and oxygen atoms in total. The number of hydrogen-bond acceptors (Lipinski definition) is 12. The van der Waals surface area contributed by atoms with Gasteiger partial charge in [0.15, 0.2) is 0 Å². The molecule has 0 unspecified atom stereocenters. The highest BCUT2D eigenvalue weighted by Crippen LogP contribution is 2.66. The molecule has 3 amide bonds. The van der Waals surface area contributed by atoms with E-state index in [2.05, 4.69) is 22.1 Å². The Bertz CT molecular complexity index is 2700. The van der Waals surface area contributed by atoms with Crippen molar-refractivity contribution in [2.75, 3.05) is 45.0 Å². The van der Waals surface area contributed by atoms with E-state index in [9.17, 15) is 15.0 Å². The van der Waals surface area contributed by atoms with Crippen LogP contribution >= 0.6 is 0 Å². The molecule has 5 aromatic rings. The van der Waals surface area contributed by atoms with Crippen LogP contribution in [0, 0.1) is 17.8 Å². The second-order valence-electron chi connectivity index (χ2n) is 17.9. The lowest BCUT2D eigenvalue weighted by molar-refractivity contribution is -0.178. The van der Waals surface area contributed by atoms with E-state index in [0.717, 1.165) is 41.8 Å². The predicted octanol–water partition coefficient (Wildman–Crippen LogP) is 6.70. The summed E-state index contributed by atoms with van der Waals surface area (Å²) in [6.07, 6.45) is 4.74. The highest BCUT2D eigenvalue weighted by Gasteiger charge is 2.75. The minimum absolute atomic E-state index is 0.0286. The molecular formula is C55H56N4O10. The van der Waals surface area contributed by atoms with Crippen molar-refractivity contribution in [1.29, 1.82) is 0 Å². The minimum Gasteiger partial charge on any atom is -0.491 e. The molecule has 1 spiro atoms. The average molecular weight is 933 g/mol. The molecule has 356 valence electrons. The number of benzene rings is 4. The number of hydrogen-bond donors (Lipinski definition) is 3. The quantitative estimate of drug-likeness (QED) is 0.0494. The van der Waals surface area contributed by atoms with Gasteiger partial charge in [0.1, 0.15) is 42.1 Å². The summed E-state index contributed by atoms with van der Waals surface area (Å²) in [6.45, 7) is -0.320. The first-order valence-electron chi connectivity index (χ1n) is 23.7. The Morgan fingerprint density at radius 2 is 1.55 bits per heavy atom. The standard InChI is InChI=1S/C55H56N4O10/c1-66-33-34-68-53(64)58-44-23-22-37(24-28-54(65)26-11-2-3-12-27-54)35-43(44)55(52(58)63)45(50(61)57-30-25-41-20-10-13-29-56-41)47-51(62)69-48(39-17-8-5-9-18-39)46(38-15-6-4-7-16-38)59(47)49(55)40-19-14-21-42(36-40)67-32-31-60/h4-10,13-23,29,35-36,45-49,60,65H,2-3,11-12,25-27,30-34H2,1H3,(H,57,61)/t45-,46-,47-,48+,49+,55-/m0/s1. The van der Waals surface area contributed by atoms with Gasteiger partial charge >= 0.3 is 12.1 Å². The molecule has 69 heavy (non-hydrogen) atoms. The Hall–Kier alpha value is -6.89. The molecule has 3 aliphatic heterocycles. The Balaban J connectivity index is 1.32. The van der Waals surface area contributed by atoms with Crippen molar-refractivity contribution in [3.05, 3.63) is 161 Å². The largest absolute Gasteiger partial charge is 0.491 e. The third-order valence-corrected chi connectivity index (χ3v) is 13.7. The van der Waals surface area contributed by atoms with E-state index < -0.39 is 65.0 Å². The molecule has 0 bridgehead atoms. The van der Waals surface area contributed by atoms with E-state index in [-0.39, 0.29) is 44.2 Å². The number of aromatic nitrogens is 1. The van der Waals surface area contributed by atoms with Crippen molar-refractivity contribution in [2.45, 2.75) is 80.2 Å². The van der Waals surface area contributed by atoms with E-state index >= 15 is 14.4 Å². The van der Waals surface area contributed by atoms with Gasteiger partial charge in [-0.2, -0.15) is 0 Å². The fourth-order valence-corrected chi connectivity index (χ4v) is 10.8. The number of pyridine rings is 1. The lowest BCUT2D eigenvalue weighted by atomic mass is 9.65. The number of aliphatic hydroxyl groups excluding tert-OH is 1. The molecule has 4 heterocycles. The third kappa shape index (κ3) is 9.23. The van der Waals surface area contributed by atoms with Gasteiger partial charge in [0.2, 0.25) is 11.8 Å². The van der Waals surface area contributed by atoms with Gasteiger partial charge in [-0.1, -0.05) is 104 Å². The molecule has 4 aliphatic rings. The third-order valence-electron chi connectivity index (χ3n) is 13.7. The topological polar surface area (TPSA) is 177 Å². The summed E-state index contributed by atoms with van der Waals surface area (Å²) >= 11 is 0. The number of morpholine rings is 1. The summed E-state index contributed by atoms with van der Waals surface area (Å²) in [7, 11) is 1.47. The predicted molar refractivity (Wildman–Crippen MR) is 255 cm³/mol. The summed E-state index contributed by atoms with van der Waals surface area (Å²) in [5, 5.41) is 24.6. The molecule has 0 radical (unpaired) electrons. The minimum atomic E-state index is -2.07. The van der Waals surface area contributed by atoms with Gasteiger partial charge in [0.25, 0.3) is 0 Å². The van der Waals surface area contributed by atoms with Gasteiger partial charge in [0.05, 0.1) is 36.9 Å². The van der Waals surface area contributed by atoms with Gasteiger partial charge in [-0.25, -0.2) is 9.69 Å². The first-order valence-corrected chi connectivity index (χ1v) is 23.7. The second kappa shape index (κ2) is 20.8. The van der Waals surface area contributed by atoms with Crippen molar-refractivity contribution in [3.8, 4) is 17.6 Å². The van der Waals surface area contributed by atoms with Gasteiger partial charge in [-0.05, 0) is 90.4 Å². The van der Waals surface area contributed by atoms with E-state index in [0.29, 0.717) is 41.7 Å². The van der Waals surface area contributed by atoms with Crippen LogP contribution in [0.25, 0.3) is 0 Å². The number of rotatable bonds is 13. The van der Waals surface area contributed by atoms with Crippen LogP contribution in [0.15, 0.2) is 128 Å². The summed E-state index contributed by atoms with van der Waals surface area (Å²) in [5.74, 6) is 3.04. The molecule has 14 heteroatoms. The number of cyclic esters (lactones) is 1. The number of amides is 3. The van der Waals surface area contributed by atoms with Crippen LogP contribution in [0.5, 0.6) is 5.75 Å². The van der Waals surface area contributed by atoms with Crippen LogP contribution in [0.3, 0.4) is 0 Å². The molecule has 1 saturated carbocycles. The van der Waals surface area contributed by atoms with Crippen LogP contribution in [0.1, 0.15) is 90.2 Å². The number of methoxy groups -OCH3 is 1. The van der Waals surface area contributed by atoms with Crippen LogP contribution in [-0.2, 0) is 40.4 Å². The second-order valence-corrected chi connectivity index (χ2v) is 17.9. The lowest BCUT2D eigenvalue weighted by Gasteiger charge is -2.46. The van der Waals surface area contributed by atoms with Crippen LogP contribution < -0.4 is 15.0 Å². The summed E-state index contributed by atoms with van der Waals surface area (Å²) in [5.41, 5.74) is 0.161. The number of fused-ring (bicyclic) bond motifs is 3. The number of esters is 1. The Labute approximate surface area is 401 Å². The van der Waals surface area contributed by atoms with Crippen LogP contribution in [0.4, 0.5) is 10.5 Å². The van der Waals surface area contributed by atoms with Crippen molar-refractivity contribution in [1.82, 2.24) is 15.2 Å². The Kier molecular flexibility index (Phi) is 14.2. The number of aliphatic hydroxyl groups is 2. The van der Waals surface area contributed by atoms with Gasteiger partial charge < -0.3 is 34.5 Å². The SMILES string of the molecule is COCCOC(=O)N1C(=O)[C@@]2(c3cc(C#CC4(O)CCCCCC4)ccc31)[C@H](C(=O)NCCc1ccccn1)[C@H]1C(=O)O[C@H](c3ccccc3)[C@H](c3ccccc3)N1[C@@H]2c1cccc(OCCO)c1. The molecule has 3 fully saturated rings. The molecule has 9 rings (SSSR count). The van der Waals surface area contributed by atoms with E-state index in [1.54, 1.807) is 48.7 Å². The van der Waals surface area contributed by atoms with E-state index in [4.69, 9.17) is 18.9 Å². The molecular weight excluding hydrogens is 877 g/mol. The Morgan fingerprint density at radius 3 is 2.26 bits per heavy atom. The number of anilines is 1. The van der Waals surface area contributed by atoms with Crippen LogP contribution in [-0.4, -0.2) is 95.7 Å². The van der Waals surface area contributed by atoms with Gasteiger partial charge in [0, 0.05) is 37.5 Å². The van der Waals surface area contributed by atoms with Crippen LogP contribution in [0.2, 0.25) is 0 Å². The zero-order valence-corrected chi connectivity index (χ0v) is 38.5. The van der Waals surface area contributed by atoms with E-state index in [1.165, 1.54) is 7.11 Å². The number of carbonyl (C=O) groups excluding carboxylic acids is 4. The monoisotopic (exact) mass is 932 g/mol. The maximum atomic E-state index is 16.4. The maximum absolute atomic E-state index is 16.4. The van der Waals surface area contributed by atoms with E-state index in [1.807, 2.05) is 83.8 Å². The van der Waals surface area contributed by atoms with Gasteiger partial charge in [-0.15, -0.1) is 0 Å². The molecule has 1 aliphatic carbocycles. The number of imide groups is 1. The normalized spacial score (nSPS) is 23.8. The van der Waals surface area contributed by atoms with Crippen molar-refractivity contribution in [2.24, 2.45) is 5.92 Å². The first kappa shape index (κ1) is 47.2. The molecule has 3 N–H and O–H groups in total. The molecule has 4 aromatic carbocycles. The fraction of sp³-hybridized carbons (Fsp3) is 0.364. The summed E-state index contributed by atoms with van der Waals surface area (Å²) < 4.78 is 23.5. The highest BCUT2D eigenvalue weighted by molar-refractivity contribution is 6.23.